The number of aromatic amines is 1. The van der Waals surface area contributed by atoms with Gasteiger partial charge in [-0.05, 0) is 13.0 Å². The Hall–Kier alpha value is -2.41. The van der Waals surface area contributed by atoms with Gasteiger partial charge < -0.3 is 10.1 Å². The summed E-state index contributed by atoms with van der Waals surface area (Å²) in [5, 5.41) is 14.4. The van der Waals surface area contributed by atoms with E-state index in [0.717, 1.165) is 28.5 Å². The molecule has 3 heterocycles. The number of anilines is 2. The van der Waals surface area contributed by atoms with Crippen molar-refractivity contribution in [3.8, 4) is 0 Å². The van der Waals surface area contributed by atoms with Crippen LogP contribution in [0.4, 0.5) is 11.6 Å². The second-order valence-corrected chi connectivity index (χ2v) is 4.22. The van der Waals surface area contributed by atoms with Gasteiger partial charge >= 0.3 is 0 Å². The van der Waals surface area contributed by atoms with Gasteiger partial charge in [0.05, 0.1) is 30.4 Å². The second kappa shape index (κ2) is 4.69. The van der Waals surface area contributed by atoms with Gasteiger partial charge in [0.25, 0.3) is 0 Å². The molecule has 0 atom stereocenters. The average molecular weight is 258 g/mol. The Morgan fingerprint density at radius 2 is 2.37 bits per heavy atom. The number of nitrogens with one attached hydrogen (secondary N) is 2. The first-order valence-corrected chi connectivity index (χ1v) is 5.87. The molecule has 3 aromatic rings. The number of aryl methyl sites for hydroxylation is 1. The molecule has 0 aromatic carbocycles. The van der Waals surface area contributed by atoms with Gasteiger partial charge in [-0.1, -0.05) is 0 Å². The van der Waals surface area contributed by atoms with Gasteiger partial charge in [-0.15, -0.1) is 0 Å². The minimum Gasteiger partial charge on any atom is -0.378 e. The average Bonchev–Trinajstić information content (AvgIpc) is 2.98. The molecule has 0 aliphatic carbocycles. The molecule has 0 saturated heterocycles. The van der Waals surface area contributed by atoms with E-state index in [-0.39, 0.29) is 0 Å². The summed E-state index contributed by atoms with van der Waals surface area (Å²) in [4.78, 5) is 4.49. The van der Waals surface area contributed by atoms with Crippen LogP contribution < -0.4 is 5.32 Å². The van der Waals surface area contributed by atoms with Crippen LogP contribution in [0.25, 0.3) is 5.52 Å². The number of fused-ring (bicyclic) bond motifs is 1. The SMILES string of the molecule is COCc1cc2c(Nc3ccn[nH]3)nc(C)cn2n1. The minimum atomic E-state index is 0.476. The van der Waals surface area contributed by atoms with Crippen LogP contribution in [0.15, 0.2) is 24.5 Å². The second-order valence-electron chi connectivity index (χ2n) is 4.22. The number of hydrogen-bond acceptors (Lipinski definition) is 5. The molecule has 3 rings (SSSR count). The molecule has 19 heavy (non-hydrogen) atoms. The Morgan fingerprint density at radius 3 is 3.11 bits per heavy atom. The summed E-state index contributed by atoms with van der Waals surface area (Å²) in [5.74, 6) is 1.52. The summed E-state index contributed by atoms with van der Waals surface area (Å²) in [6.07, 6.45) is 3.56. The van der Waals surface area contributed by atoms with E-state index in [9.17, 15) is 0 Å². The van der Waals surface area contributed by atoms with Crippen LogP contribution in [0, 0.1) is 6.92 Å². The van der Waals surface area contributed by atoms with Crippen molar-refractivity contribution >= 4 is 17.2 Å². The van der Waals surface area contributed by atoms with E-state index in [0.29, 0.717) is 6.61 Å². The first-order chi connectivity index (χ1) is 9.26. The lowest BCUT2D eigenvalue weighted by atomic mass is 10.3. The molecule has 0 spiro atoms. The maximum atomic E-state index is 5.10. The van der Waals surface area contributed by atoms with Gasteiger partial charge in [0.2, 0.25) is 0 Å². The summed E-state index contributed by atoms with van der Waals surface area (Å²) in [5.41, 5.74) is 2.64. The number of nitrogens with zero attached hydrogens (tertiary/aromatic N) is 4. The highest BCUT2D eigenvalue weighted by atomic mass is 16.5. The maximum Gasteiger partial charge on any atom is 0.157 e. The fraction of sp³-hybridized carbons (Fsp3) is 0.250. The zero-order valence-electron chi connectivity index (χ0n) is 10.7. The molecule has 3 aromatic heterocycles. The standard InChI is InChI=1S/C12H14N6O/c1-8-6-18-10(5-9(17-18)7-19-2)12(14-8)15-11-3-4-13-16-11/h3-6H,7H2,1-2H3,(H2,13,14,15,16). The third-order valence-electron chi connectivity index (χ3n) is 2.67. The number of H-pyrrole nitrogens is 1. The number of methoxy groups -OCH3 is 1. The lowest BCUT2D eigenvalue weighted by Crippen LogP contribution is -2.00. The lowest BCUT2D eigenvalue weighted by Gasteiger charge is -2.05. The molecule has 2 N–H and O–H groups in total. The highest BCUT2D eigenvalue weighted by molar-refractivity contribution is 5.72. The van der Waals surface area contributed by atoms with Crippen LogP contribution in [0.1, 0.15) is 11.4 Å². The number of rotatable bonds is 4. The van der Waals surface area contributed by atoms with E-state index in [2.05, 4.69) is 25.6 Å². The van der Waals surface area contributed by atoms with Crippen molar-refractivity contribution < 1.29 is 4.74 Å². The predicted octanol–water partition coefficient (Wildman–Crippen LogP) is 1.65. The molecular formula is C12H14N6O. The van der Waals surface area contributed by atoms with Gasteiger partial charge in [0.15, 0.2) is 5.82 Å². The summed E-state index contributed by atoms with van der Waals surface area (Å²) in [7, 11) is 1.65. The van der Waals surface area contributed by atoms with Crippen LogP contribution >= 0.6 is 0 Å². The van der Waals surface area contributed by atoms with Crippen LogP contribution in [-0.4, -0.2) is 31.9 Å². The van der Waals surface area contributed by atoms with Crippen molar-refractivity contribution in [3.63, 3.8) is 0 Å². The molecule has 0 aliphatic rings. The molecule has 7 nitrogen and oxygen atoms in total. The molecule has 0 fully saturated rings. The monoisotopic (exact) mass is 258 g/mol. The normalized spacial score (nSPS) is 11.1. The minimum absolute atomic E-state index is 0.476. The van der Waals surface area contributed by atoms with E-state index in [4.69, 9.17) is 4.74 Å². The fourth-order valence-corrected chi connectivity index (χ4v) is 1.92. The van der Waals surface area contributed by atoms with Crippen molar-refractivity contribution in [2.75, 3.05) is 12.4 Å². The predicted molar refractivity (Wildman–Crippen MR) is 70.3 cm³/mol. The van der Waals surface area contributed by atoms with Gasteiger partial charge in [0, 0.05) is 13.2 Å². The zero-order chi connectivity index (χ0) is 13.2. The third-order valence-corrected chi connectivity index (χ3v) is 2.67. The van der Waals surface area contributed by atoms with Crippen LogP contribution in [0.2, 0.25) is 0 Å². The van der Waals surface area contributed by atoms with E-state index >= 15 is 0 Å². The Labute approximate surface area is 109 Å². The fourth-order valence-electron chi connectivity index (χ4n) is 1.92. The van der Waals surface area contributed by atoms with E-state index in [1.807, 2.05) is 25.3 Å². The van der Waals surface area contributed by atoms with Gasteiger partial charge in [-0.2, -0.15) is 10.2 Å². The first-order valence-electron chi connectivity index (χ1n) is 5.87. The molecular weight excluding hydrogens is 244 g/mol. The Kier molecular flexibility index (Phi) is 2.88. The molecule has 0 saturated carbocycles. The molecule has 0 radical (unpaired) electrons. The van der Waals surface area contributed by atoms with Gasteiger partial charge in [-0.3, -0.25) is 5.10 Å². The topological polar surface area (TPSA) is 80.1 Å². The molecule has 0 aliphatic heterocycles. The van der Waals surface area contributed by atoms with Gasteiger partial charge in [-0.25, -0.2) is 9.50 Å². The summed E-state index contributed by atoms with van der Waals surface area (Å²) in [6, 6.07) is 3.79. The van der Waals surface area contributed by atoms with Crippen molar-refractivity contribution in [1.29, 1.82) is 0 Å². The van der Waals surface area contributed by atoms with Crippen molar-refractivity contribution in [2.45, 2.75) is 13.5 Å². The molecule has 98 valence electrons. The highest BCUT2D eigenvalue weighted by Gasteiger charge is 2.09. The Morgan fingerprint density at radius 1 is 1.47 bits per heavy atom. The molecule has 0 bridgehead atoms. The lowest BCUT2D eigenvalue weighted by molar-refractivity contribution is 0.181. The van der Waals surface area contributed by atoms with E-state index in [1.165, 1.54) is 0 Å². The van der Waals surface area contributed by atoms with Crippen molar-refractivity contribution in [3.05, 3.63) is 35.9 Å². The highest BCUT2D eigenvalue weighted by Crippen LogP contribution is 2.20. The maximum absolute atomic E-state index is 5.10. The Balaban J connectivity index is 2.06. The van der Waals surface area contributed by atoms with Crippen LogP contribution in [-0.2, 0) is 11.3 Å². The molecule has 0 amide bonds. The van der Waals surface area contributed by atoms with Gasteiger partial charge in [0.1, 0.15) is 11.3 Å². The number of ether oxygens (including phenoxy) is 1. The Bertz CT molecular complexity index is 688. The number of hydrogen-bond donors (Lipinski definition) is 2. The first kappa shape index (κ1) is 11.7. The van der Waals surface area contributed by atoms with Crippen LogP contribution in [0.5, 0.6) is 0 Å². The van der Waals surface area contributed by atoms with Crippen molar-refractivity contribution in [2.24, 2.45) is 0 Å². The van der Waals surface area contributed by atoms with E-state index < -0.39 is 0 Å². The number of aromatic nitrogens is 5. The summed E-state index contributed by atoms with van der Waals surface area (Å²) in [6.45, 7) is 2.40. The molecule has 7 heteroatoms. The smallest absolute Gasteiger partial charge is 0.157 e. The van der Waals surface area contributed by atoms with Crippen molar-refractivity contribution in [1.82, 2.24) is 24.8 Å². The van der Waals surface area contributed by atoms with E-state index in [1.54, 1.807) is 17.8 Å². The van der Waals surface area contributed by atoms with Crippen LogP contribution in [0.3, 0.4) is 0 Å². The largest absolute Gasteiger partial charge is 0.378 e. The summed E-state index contributed by atoms with van der Waals surface area (Å²) < 4.78 is 6.90. The zero-order valence-corrected chi connectivity index (χ0v) is 10.7. The molecule has 0 unspecified atom stereocenters. The summed E-state index contributed by atoms with van der Waals surface area (Å²) >= 11 is 0. The third kappa shape index (κ3) is 2.27. The quantitative estimate of drug-likeness (QED) is 0.743.